The monoisotopic (exact) mass is 307 g/mol. The van der Waals surface area contributed by atoms with Crippen molar-refractivity contribution in [2.75, 3.05) is 11.5 Å². The Morgan fingerprint density at radius 1 is 1.09 bits per heavy atom. The number of esters is 1. The number of hydrogen-bond donors (Lipinski definition) is 0. The first-order valence-corrected chi connectivity index (χ1v) is 7.54. The molecule has 1 heterocycles. The molecule has 0 aromatic heterocycles. The summed E-state index contributed by atoms with van der Waals surface area (Å²) >= 11 is 0. The number of ether oxygens (including phenoxy) is 1. The van der Waals surface area contributed by atoms with Crippen molar-refractivity contribution in [3.8, 4) is 0 Å². The van der Waals surface area contributed by atoms with Crippen molar-refractivity contribution in [3.63, 3.8) is 0 Å². The topological polar surface area (TPSA) is 46.6 Å². The molecule has 0 saturated carbocycles. The minimum atomic E-state index is -0.493. The number of amides is 1. The molecule has 0 aliphatic carbocycles. The van der Waals surface area contributed by atoms with Gasteiger partial charge in [-0.15, -0.1) is 0 Å². The molecule has 2 aromatic carbocycles. The number of fused-ring (bicyclic) bond motifs is 1. The van der Waals surface area contributed by atoms with E-state index in [9.17, 15) is 9.59 Å². The van der Waals surface area contributed by atoms with Crippen molar-refractivity contribution in [1.29, 1.82) is 0 Å². The van der Waals surface area contributed by atoms with Crippen LogP contribution in [0.15, 0.2) is 60.7 Å². The average Bonchev–Trinajstić information content (AvgIpc) is 2.82. The average molecular weight is 307 g/mol. The van der Waals surface area contributed by atoms with Gasteiger partial charge in [0.1, 0.15) is 0 Å². The first-order chi connectivity index (χ1) is 11.2. The summed E-state index contributed by atoms with van der Waals surface area (Å²) in [5.74, 6) is -0.671. The summed E-state index contributed by atoms with van der Waals surface area (Å²) in [5, 5.41) is 0. The Morgan fingerprint density at radius 2 is 1.78 bits per heavy atom. The van der Waals surface area contributed by atoms with Crippen LogP contribution in [0.4, 0.5) is 5.69 Å². The van der Waals surface area contributed by atoms with E-state index in [0.29, 0.717) is 12.1 Å². The van der Waals surface area contributed by atoms with Gasteiger partial charge in [-0.1, -0.05) is 48.5 Å². The van der Waals surface area contributed by atoms with Gasteiger partial charge >= 0.3 is 5.97 Å². The van der Waals surface area contributed by atoms with Crippen LogP contribution >= 0.6 is 0 Å². The fourth-order valence-electron chi connectivity index (χ4n) is 2.67. The summed E-state index contributed by atoms with van der Waals surface area (Å²) in [6.07, 6.45) is 1.29. The van der Waals surface area contributed by atoms with Crippen molar-refractivity contribution in [3.05, 3.63) is 71.8 Å². The van der Waals surface area contributed by atoms with Crippen molar-refractivity contribution in [1.82, 2.24) is 0 Å². The number of carbonyl (C=O) groups excluding carboxylic acids is 2. The third-order valence-corrected chi connectivity index (χ3v) is 3.69. The van der Waals surface area contributed by atoms with Crippen LogP contribution in [0.3, 0.4) is 0 Å². The molecule has 0 spiro atoms. The Bertz CT molecular complexity index is 765. The highest BCUT2D eigenvalue weighted by Gasteiger charge is 2.32. The molecule has 1 aliphatic heterocycles. The van der Waals surface area contributed by atoms with Gasteiger partial charge in [-0.3, -0.25) is 4.79 Å². The smallest absolute Gasteiger partial charge is 0.331 e. The van der Waals surface area contributed by atoms with Gasteiger partial charge in [0.15, 0.2) is 0 Å². The summed E-state index contributed by atoms with van der Waals surface area (Å²) in [6.45, 7) is 2.49. The zero-order valence-corrected chi connectivity index (χ0v) is 12.9. The first-order valence-electron chi connectivity index (χ1n) is 7.54. The standard InChI is InChI=1S/C19H17NO3/c1-2-23-18(21)12-16-15-10-6-7-11-17(15)20(19(16)22)13-14-8-4-3-5-9-14/h3-12H,2,13H2,1H3. The molecule has 0 radical (unpaired) electrons. The number of nitrogens with zero attached hydrogens (tertiary/aromatic N) is 1. The molecule has 0 saturated heterocycles. The van der Waals surface area contributed by atoms with E-state index < -0.39 is 5.97 Å². The van der Waals surface area contributed by atoms with Gasteiger partial charge < -0.3 is 9.64 Å². The lowest BCUT2D eigenvalue weighted by Crippen LogP contribution is -2.25. The van der Waals surface area contributed by atoms with Crippen LogP contribution in [0, 0.1) is 0 Å². The zero-order chi connectivity index (χ0) is 16.2. The number of hydrogen-bond acceptors (Lipinski definition) is 3. The summed E-state index contributed by atoms with van der Waals surface area (Å²) < 4.78 is 4.93. The van der Waals surface area contributed by atoms with Crippen LogP contribution in [0.25, 0.3) is 5.57 Å². The third-order valence-electron chi connectivity index (χ3n) is 3.69. The summed E-state index contributed by atoms with van der Waals surface area (Å²) in [4.78, 5) is 26.2. The number of para-hydroxylation sites is 1. The quantitative estimate of drug-likeness (QED) is 0.644. The lowest BCUT2D eigenvalue weighted by atomic mass is 10.1. The second-order valence-electron chi connectivity index (χ2n) is 5.20. The van der Waals surface area contributed by atoms with Crippen molar-refractivity contribution >= 4 is 23.1 Å². The van der Waals surface area contributed by atoms with E-state index in [-0.39, 0.29) is 12.5 Å². The molecule has 4 heteroatoms. The van der Waals surface area contributed by atoms with Crippen LogP contribution in [0.2, 0.25) is 0 Å². The maximum absolute atomic E-state index is 12.8. The molecule has 1 amide bonds. The SMILES string of the molecule is CCOC(=O)C=C1C(=O)N(Cc2ccccc2)c2ccccc21. The van der Waals surface area contributed by atoms with Gasteiger partial charge in [0.05, 0.1) is 24.4 Å². The minimum absolute atomic E-state index is 0.178. The van der Waals surface area contributed by atoms with Crippen LogP contribution in [-0.4, -0.2) is 18.5 Å². The van der Waals surface area contributed by atoms with Gasteiger partial charge in [0, 0.05) is 11.6 Å². The predicted molar refractivity (Wildman–Crippen MR) is 88.7 cm³/mol. The molecule has 0 bridgehead atoms. The molecule has 3 rings (SSSR count). The normalized spacial score (nSPS) is 14.9. The van der Waals surface area contributed by atoms with E-state index in [1.165, 1.54) is 6.08 Å². The van der Waals surface area contributed by atoms with Crippen LogP contribution in [0.1, 0.15) is 18.1 Å². The van der Waals surface area contributed by atoms with Gasteiger partial charge in [0.2, 0.25) is 0 Å². The molecule has 0 N–H and O–H groups in total. The van der Waals surface area contributed by atoms with Crippen molar-refractivity contribution in [2.45, 2.75) is 13.5 Å². The van der Waals surface area contributed by atoms with Gasteiger partial charge in [0.25, 0.3) is 5.91 Å². The Morgan fingerprint density at radius 3 is 2.52 bits per heavy atom. The van der Waals surface area contributed by atoms with Gasteiger partial charge in [-0.05, 0) is 18.6 Å². The molecule has 0 unspecified atom stereocenters. The molecule has 1 aliphatic rings. The second-order valence-corrected chi connectivity index (χ2v) is 5.20. The molecule has 23 heavy (non-hydrogen) atoms. The van der Waals surface area contributed by atoms with E-state index in [4.69, 9.17) is 4.74 Å². The lowest BCUT2D eigenvalue weighted by Gasteiger charge is -2.17. The molecule has 4 nitrogen and oxygen atoms in total. The minimum Gasteiger partial charge on any atom is -0.463 e. The zero-order valence-electron chi connectivity index (χ0n) is 12.9. The van der Waals surface area contributed by atoms with E-state index in [0.717, 1.165) is 16.8 Å². The van der Waals surface area contributed by atoms with Crippen molar-refractivity contribution < 1.29 is 14.3 Å². The molecule has 2 aromatic rings. The van der Waals surface area contributed by atoms with E-state index >= 15 is 0 Å². The van der Waals surface area contributed by atoms with E-state index in [2.05, 4.69) is 0 Å². The number of benzene rings is 2. The molecular weight excluding hydrogens is 290 g/mol. The second kappa shape index (κ2) is 6.48. The van der Waals surface area contributed by atoms with Gasteiger partial charge in [-0.2, -0.15) is 0 Å². The van der Waals surface area contributed by atoms with Gasteiger partial charge in [-0.25, -0.2) is 4.79 Å². The van der Waals surface area contributed by atoms with Crippen molar-refractivity contribution in [2.24, 2.45) is 0 Å². The van der Waals surface area contributed by atoms with Crippen LogP contribution in [0.5, 0.6) is 0 Å². The summed E-state index contributed by atoms with van der Waals surface area (Å²) in [5.41, 5.74) is 3.00. The first kappa shape index (κ1) is 15.0. The Kier molecular flexibility index (Phi) is 4.24. The summed E-state index contributed by atoms with van der Waals surface area (Å²) in [7, 11) is 0. The fourth-order valence-corrected chi connectivity index (χ4v) is 2.67. The van der Waals surface area contributed by atoms with E-state index in [1.54, 1.807) is 11.8 Å². The van der Waals surface area contributed by atoms with E-state index in [1.807, 2.05) is 54.6 Å². The third kappa shape index (κ3) is 3.01. The highest BCUT2D eigenvalue weighted by atomic mass is 16.5. The summed E-state index contributed by atoms with van der Waals surface area (Å²) in [6, 6.07) is 17.3. The maximum Gasteiger partial charge on any atom is 0.331 e. The highest BCUT2D eigenvalue weighted by molar-refractivity contribution is 6.34. The van der Waals surface area contributed by atoms with Crippen LogP contribution < -0.4 is 4.90 Å². The molecule has 0 atom stereocenters. The molecule has 116 valence electrons. The lowest BCUT2D eigenvalue weighted by molar-refractivity contribution is -0.137. The molecule has 0 fully saturated rings. The number of anilines is 1. The largest absolute Gasteiger partial charge is 0.463 e. The Labute approximate surface area is 135 Å². The predicted octanol–water partition coefficient (Wildman–Crippen LogP) is 3.18. The number of rotatable bonds is 4. The highest BCUT2D eigenvalue weighted by Crippen LogP contribution is 2.37. The number of carbonyl (C=O) groups is 2. The Hall–Kier alpha value is -2.88. The fraction of sp³-hybridized carbons (Fsp3) is 0.158. The molecular formula is C19H17NO3. The maximum atomic E-state index is 12.8. The van der Waals surface area contributed by atoms with Crippen LogP contribution in [-0.2, 0) is 20.9 Å². The Balaban J connectivity index is 1.97.